The van der Waals surface area contributed by atoms with Gasteiger partial charge in [-0.1, -0.05) is 17.7 Å². The molecule has 2 amide bonds. The van der Waals surface area contributed by atoms with Crippen molar-refractivity contribution in [3.8, 4) is 0 Å². The Hall–Kier alpha value is -2.69. The predicted molar refractivity (Wildman–Crippen MR) is 150 cm³/mol. The van der Waals surface area contributed by atoms with E-state index in [2.05, 4.69) is 5.32 Å². The van der Waals surface area contributed by atoms with Gasteiger partial charge in [0.2, 0.25) is 0 Å². The van der Waals surface area contributed by atoms with E-state index in [-0.39, 0.29) is 35.1 Å². The number of Topliss-reactive ketones (excluding diaryl/α,β-unsaturated/α-hetero) is 1. The molecule has 2 heterocycles. The average molecular weight is 595 g/mol. The number of nitrogens with one attached hydrogen (secondary N) is 1. The number of thioether (sulfide) groups is 1. The highest BCUT2D eigenvalue weighted by atomic mass is 35.5. The first kappa shape index (κ1) is 30.3. The number of carbonyl (C=O) groups is 3. The summed E-state index contributed by atoms with van der Waals surface area (Å²) in [5.41, 5.74) is -0.141. The number of alkyl carbamates (subject to hydrolysis) is 1. The molecule has 1 fully saturated rings. The molecule has 2 aromatic carbocycles. The van der Waals surface area contributed by atoms with Crippen LogP contribution in [0.25, 0.3) is 0 Å². The fourth-order valence-electron chi connectivity index (χ4n) is 4.68. The smallest absolute Gasteiger partial charge is 0.408 e. The Labute approximate surface area is 241 Å². The van der Waals surface area contributed by atoms with Crippen LogP contribution in [-0.4, -0.2) is 48.4 Å². The van der Waals surface area contributed by atoms with Crippen LogP contribution < -0.4 is 10.2 Å². The molecule has 7 nitrogen and oxygen atoms in total. The molecule has 0 spiro atoms. The van der Waals surface area contributed by atoms with Crippen LogP contribution in [0.2, 0.25) is 5.02 Å². The number of carbonyl (C=O) groups excluding carboxylic acids is 3. The summed E-state index contributed by atoms with van der Waals surface area (Å²) in [6, 6.07) is 5.81. The summed E-state index contributed by atoms with van der Waals surface area (Å²) in [7, 11) is 0. The maximum absolute atomic E-state index is 15.3. The van der Waals surface area contributed by atoms with Crippen molar-refractivity contribution < 1.29 is 32.6 Å². The predicted octanol–water partition coefficient (Wildman–Crippen LogP) is 6.54. The zero-order valence-electron chi connectivity index (χ0n) is 22.7. The Kier molecular flexibility index (Phi) is 9.74. The molecule has 0 saturated carbocycles. The minimum absolute atomic E-state index is 0.0640. The number of nitrogens with zero attached hydrogens (tertiary/aromatic N) is 1. The number of ether oxygens (including phenoxy) is 2. The van der Waals surface area contributed by atoms with Crippen LogP contribution >= 0.6 is 23.4 Å². The second kappa shape index (κ2) is 12.9. The Morgan fingerprint density at radius 1 is 1.15 bits per heavy atom. The van der Waals surface area contributed by atoms with Gasteiger partial charge in [0.15, 0.2) is 5.78 Å². The Bertz CT molecular complexity index is 1280. The molecule has 11 heteroatoms. The first-order valence-corrected chi connectivity index (χ1v) is 14.6. The molecule has 0 aromatic heterocycles. The van der Waals surface area contributed by atoms with Crippen LogP contribution in [0.15, 0.2) is 35.2 Å². The first-order valence-electron chi connectivity index (χ1n) is 13.2. The molecule has 1 N–H and O–H groups in total. The molecule has 2 aromatic rings. The van der Waals surface area contributed by atoms with Gasteiger partial charge in [0, 0.05) is 30.3 Å². The van der Waals surface area contributed by atoms with Gasteiger partial charge in [-0.05, 0) is 75.8 Å². The Balaban J connectivity index is 1.64. The van der Waals surface area contributed by atoms with Gasteiger partial charge in [-0.2, -0.15) is 0 Å². The van der Waals surface area contributed by atoms with Crippen molar-refractivity contribution in [2.75, 3.05) is 23.9 Å². The van der Waals surface area contributed by atoms with E-state index in [0.717, 1.165) is 12.8 Å². The molecule has 1 saturated heterocycles. The van der Waals surface area contributed by atoms with Crippen LogP contribution in [0.1, 0.15) is 62.4 Å². The molecule has 0 bridgehead atoms. The van der Waals surface area contributed by atoms with Gasteiger partial charge in [-0.3, -0.25) is 9.59 Å². The highest BCUT2D eigenvalue weighted by Gasteiger charge is 2.34. The quantitative estimate of drug-likeness (QED) is 0.366. The number of halogens is 3. The lowest BCUT2D eigenvalue weighted by Gasteiger charge is -2.27. The first-order chi connectivity index (χ1) is 18.9. The van der Waals surface area contributed by atoms with Crippen molar-refractivity contribution in [2.45, 2.75) is 69.5 Å². The van der Waals surface area contributed by atoms with Gasteiger partial charge in [0.05, 0.1) is 22.8 Å². The fourth-order valence-corrected chi connectivity index (χ4v) is 5.87. The Morgan fingerprint density at radius 3 is 2.55 bits per heavy atom. The maximum Gasteiger partial charge on any atom is 0.408 e. The summed E-state index contributed by atoms with van der Waals surface area (Å²) in [6.07, 6.45) is 1.75. The molecule has 40 heavy (non-hydrogen) atoms. The van der Waals surface area contributed by atoms with Crippen LogP contribution in [0.3, 0.4) is 0 Å². The van der Waals surface area contributed by atoms with Crippen LogP contribution in [0.4, 0.5) is 19.3 Å². The van der Waals surface area contributed by atoms with E-state index < -0.39 is 35.3 Å². The van der Waals surface area contributed by atoms with E-state index in [1.165, 1.54) is 40.9 Å². The van der Waals surface area contributed by atoms with Gasteiger partial charge >= 0.3 is 6.09 Å². The number of ketones is 1. The second-order valence-electron chi connectivity index (χ2n) is 11.0. The summed E-state index contributed by atoms with van der Waals surface area (Å²) in [6.45, 7) is 6.34. The van der Waals surface area contributed by atoms with Crippen molar-refractivity contribution in [1.82, 2.24) is 5.32 Å². The second-order valence-corrected chi connectivity index (χ2v) is 12.5. The van der Waals surface area contributed by atoms with Crippen molar-refractivity contribution in [1.29, 1.82) is 0 Å². The summed E-state index contributed by atoms with van der Waals surface area (Å²) < 4.78 is 40.2. The normalized spacial score (nSPS) is 18.2. The molecule has 2 aliphatic heterocycles. The lowest BCUT2D eigenvalue weighted by atomic mass is 9.92. The van der Waals surface area contributed by atoms with Gasteiger partial charge in [0.25, 0.3) is 5.91 Å². The number of benzene rings is 2. The zero-order chi connectivity index (χ0) is 29.0. The van der Waals surface area contributed by atoms with Crippen LogP contribution in [-0.2, 0) is 20.8 Å². The lowest BCUT2D eigenvalue weighted by molar-refractivity contribution is -0.120. The van der Waals surface area contributed by atoms with Crippen molar-refractivity contribution >= 4 is 46.8 Å². The largest absolute Gasteiger partial charge is 0.444 e. The molecule has 0 aliphatic carbocycles. The van der Waals surface area contributed by atoms with Gasteiger partial charge < -0.3 is 19.7 Å². The standard InChI is InChI=1S/C29H33ClF2N2O5S/c1-29(2,3)39-28(37)33-23-16-40-26-14-21(31)19(25(35)7-5-17-8-10-38-11-9-17)13-24(26)34(27(23)36)15-18-4-6-20(30)22(32)12-18/h4,6,12-14,17,23H,5,7-11,15-16H2,1-3H3,(H,33,37)/t23-/m0/s1. The molecule has 0 unspecified atom stereocenters. The number of rotatable bonds is 7. The summed E-state index contributed by atoms with van der Waals surface area (Å²) in [5, 5.41) is 2.54. The third-order valence-electron chi connectivity index (χ3n) is 6.75. The molecule has 216 valence electrons. The summed E-state index contributed by atoms with van der Waals surface area (Å²) >= 11 is 7.02. The van der Waals surface area contributed by atoms with E-state index in [9.17, 15) is 18.8 Å². The number of hydrogen-bond donors (Lipinski definition) is 1. The lowest BCUT2D eigenvalue weighted by Crippen LogP contribution is -2.50. The third-order valence-corrected chi connectivity index (χ3v) is 8.19. The SMILES string of the molecule is CC(C)(C)OC(=O)N[C@H]1CSc2cc(F)c(C(=O)CCC3CCOCC3)cc2N(Cc2ccc(Cl)c(F)c2)C1=O. The summed E-state index contributed by atoms with van der Waals surface area (Å²) in [5.74, 6) is -1.73. The van der Waals surface area contributed by atoms with E-state index in [4.69, 9.17) is 21.1 Å². The Morgan fingerprint density at radius 2 is 1.88 bits per heavy atom. The number of fused-ring (bicyclic) bond motifs is 1. The van der Waals surface area contributed by atoms with Gasteiger partial charge in [-0.15, -0.1) is 11.8 Å². The van der Waals surface area contributed by atoms with Gasteiger partial charge in [0.1, 0.15) is 23.3 Å². The van der Waals surface area contributed by atoms with E-state index in [0.29, 0.717) is 41.7 Å². The van der Waals surface area contributed by atoms with Crippen molar-refractivity contribution in [3.05, 3.63) is 58.1 Å². The number of hydrogen-bond acceptors (Lipinski definition) is 6. The van der Waals surface area contributed by atoms with Crippen molar-refractivity contribution in [3.63, 3.8) is 0 Å². The zero-order valence-corrected chi connectivity index (χ0v) is 24.3. The fraction of sp³-hybridized carbons (Fsp3) is 0.483. The monoisotopic (exact) mass is 594 g/mol. The molecular weight excluding hydrogens is 562 g/mol. The molecule has 2 aliphatic rings. The summed E-state index contributed by atoms with van der Waals surface area (Å²) in [4.78, 5) is 41.2. The number of amides is 2. The molecule has 1 atom stereocenters. The molecule has 0 radical (unpaired) electrons. The minimum Gasteiger partial charge on any atom is -0.444 e. The maximum atomic E-state index is 15.3. The van der Waals surface area contributed by atoms with E-state index >= 15 is 4.39 Å². The average Bonchev–Trinajstić information content (AvgIpc) is 3.00. The van der Waals surface area contributed by atoms with Crippen LogP contribution in [0.5, 0.6) is 0 Å². The molecule has 4 rings (SSSR count). The highest BCUT2D eigenvalue weighted by Crippen LogP contribution is 2.38. The highest BCUT2D eigenvalue weighted by molar-refractivity contribution is 7.99. The minimum atomic E-state index is -1.01. The van der Waals surface area contributed by atoms with Crippen molar-refractivity contribution in [2.24, 2.45) is 5.92 Å². The number of anilines is 1. The topological polar surface area (TPSA) is 84.9 Å². The van der Waals surface area contributed by atoms with Gasteiger partial charge in [-0.25, -0.2) is 13.6 Å². The van der Waals surface area contributed by atoms with E-state index in [1.807, 2.05) is 0 Å². The van der Waals surface area contributed by atoms with E-state index in [1.54, 1.807) is 26.8 Å². The van der Waals surface area contributed by atoms with Crippen LogP contribution in [0, 0.1) is 17.6 Å². The third kappa shape index (κ3) is 7.73. The molecular formula is C29H33ClF2N2O5S.